The summed E-state index contributed by atoms with van der Waals surface area (Å²) in [4.78, 5) is 9.06. The van der Waals surface area contributed by atoms with E-state index in [1.54, 1.807) is 11.3 Å². The molecule has 0 amide bonds. The van der Waals surface area contributed by atoms with E-state index in [2.05, 4.69) is 55.1 Å². The molecule has 0 aliphatic heterocycles. The molecular weight excluding hydrogens is 410 g/mol. The Bertz CT molecular complexity index is 436. The third-order valence-corrected chi connectivity index (χ3v) is 4.95. The molecule has 13 heavy (non-hydrogen) atoms. The first-order valence-electron chi connectivity index (χ1n) is 3.68. The second kappa shape index (κ2) is 3.58. The van der Waals surface area contributed by atoms with Gasteiger partial charge in [-0.1, -0.05) is 0 Å². The van der Waals surface area contributed by atoms with Gasteiger partial charge in [0.25, 0.3) is 0 Å². The van der Waals surface area contributed by atoms with Crippen molar-refractivity contribution >= 4 is 67.6 Å². The van der Waals surface area contributed by atoms with Crippen LogP contribution in [0.5, 0.6) is 0 Å². The number of hydrogen-bond acceptors (Lipinski definition) is 3. The third kappa shape index (κ3) is 1.70. The number of aryl methyl sites for hydroxylation is 2. The first-order chi connectivity index (χ1) is 6.09. The third-order valence-electron chi connectivity index (χ3n) is 1.86. The summed E-state index contributed by atoms with van der Waals surface area (Å²) in [6, 6.07) is 0. The van der Waals surface area contributed by atoms with Gasteiger partial charge in [-0.3, -0.25) is 0 Å². The predicted molar refractivity (Wildman–Crippen MR) is 72.3 cm³/mol. The van der Waals surface area contributed by atoms with E-state index in [-0.39, 0.29) is 0 Å². The molecule has 2 aromatic rings. The Labute approximate surface area is 107 Å². The summed E-state index contributed by atoms with van der Waals surface area (Å²) in [5.41, 5.74) is 4.16. The minimum Gasteiger partial charge on any atom is -0.248 e. The lowest BCUT2D eigenvalue weighted by Crippen LogP contribution is -1.92. The summed E-state index contributed by atoms with van der Waals surface area (Å²) in [6.07, 6.45) is 0. The molecule has 0 spiro atoms. The van der Waals surface area contributed by atoms with Gasteiger partial charge in [-0.15, -0.1) is 11.3 Å². The zero-order valence-electron chi connectivity index (χ0n) is 7.06. The molecule has 5 heteroatoms. The number of aromatic nitrogens is 2. The monoisotopic (exact) mass is 416 g/mol. The van der Waals surface area contributed by atoms with E-state index in [0.29, 0.717) is 0 Å². The van der Waals surface area contributed by atoms with Gasteiger partial charge in [0.05, 0.1) is 17.2 Å². The highest BCUT2D eigenvalue weighted by molar-refractivity contribution is 14.1. The Hall–Kier alpha value is 0.500. The van der Waals surface area contributed by atoms with Gasteiger partial charge in [0, 0.05) is 0 Å². The first kappa shape index (κ1) is 10.0. The molecule has 68 valence electrons. The van der Waals surface area contributed by atoms with Crippen molar-refractivity contribution in [2.24, 2.45) is 0 Å². The lowest BCUT2D eigenvalue weighted by atomic mass is 10.3. The van der Waals surface area contributed by atoms with E-state index in [1.807, 2.05) is 13.8 Å². The van der Waals surface area contributed by atoms with Gasteiger partial charge in [0.1, 0.15) is 11.0 Å². The quantitative estimate of drug-likeness (QED) is 0.615. The summed E-state index contributed by atoms with van der Waals surface area (Å²) in [6.45, 7) is 4.00. The summed E-state index contributed by atoms with van der Waals surface area (Å²) in [5.74, 6) is 0. The molecule has 0 N–H and O–H groups in total. The summed E-state index contributed by atoms with van der Waals surface area (Å²) < 4.78 is 2.46. The average Bonchev–Trinajstić information content (AvgIpc) is 2.31. The van der Waals surface area contributed by atoms with Crippen molar-refractivity contribution in [1.29, 1.82) is 0 Å². The fourth-order valence-electron chi connectivity index (χ4n) is 1.05. The van der Waals surface area contributed by atoms with Crippen LogP contribution in [0, 0.1) is 19.6 Å². The Balaban J connectivity index is 2.91. The fraction of sp³-hybridized carbons (Fsp3) is 0.250. The predicted octanol–water partition coefficient (Wildman–Crippen LogP) is 3.52. The second-order valence-corrected chi connectivity index (χ2v) is 7.38. The SMILES string of the molecule is Cc1nc2c(I)sc(I)c2nc1C. The van der Waals surface area contributed by atoms with Crippen LogP contribution in [0.25, 0.3) is 11.0 Å². The van der Waals surface area contributed by atoms with Crippen LogP contribution in [0.3, 0.4) is 0 Å². The summed E-state index contributed by atoms with van der Waals surface area (Å²) in [7, 11) is 0. The highest BCUT2D eigenvalue weighted by atomic mass is 127. The lowest BCUT2D eigenvalue weighted by molar-refractivity contribution is 1.10. The van der Waals surface area contributed by atoms with Crippen LogP contribution in [-0.2, 0) is 0 Å². The van der Waals surface area contributed by atoms with Gasteiger partial charge in [0.15, 0.2) is 0 Å². The number of nitrogens with zero attached hydrogens (tertiary/aromatic N) is 2. The maximum absolute atomic E-state index is 4.53. The molecule has 2 aromatic heterocycles. The van der Waals surface area contributed by atoms with E-state index >= 15 is 0 Å². The van der Waals surface area contributed by atoms with Crippen molar-refractivity contribution in [2.75, 3.05) is 0 Å². The zero-order valence-corrected chi connectivity index (χ0v) is 12.2. The minimum absolute atomic E-state index is 1.03. The van der Waals surface area contributed by atoms with E-state index in [0.717, 1.165) is 22.4 Å². The van der Waals surface area contributed by atoms with Crippen LogP contribution < -0.4 is 0 Å². The molecule has 0 aromatic carbocycles. The van der Waals surface area contributed by atoms with Gasteiger partial charge >= 0.3 is 0 Å². The van der Waals surface area contributed by atoms with Crippen molar-refractivity contribution in [1.82, 2.24) is 9.97 Å². The minimum atomic E-state index is 1.03. The van der Waals surface area contributed by atoms with E-state index < -0.39 is 0 Å². The molecule has 2 heterocycles. The molecule has 2 rings (SSSR count). The molecule has 0 saturated carbocycles. The fourth-order valence-corrected chi connectivity index (χ4v) is 5.03. The van der Waals surface area contributed by atoms with Crippen molar-refractivity contribution in [3.05, 3.63) is 17.2 Å². The zero-order chi connectivity index (χ0) is 9.59. The summed E-state index contributed by atoms with van der Waals surface area (Å²) >= 11 is 6.39. The Morgan fingerprint density at radius 1 is 0.923 bits per heavy atom. The normalized spacial score (nSPS) is 11.1. The van der Waals surface area contributed by atoms with Crippen molar-refractivity contribution in [3.63, 3.8) is 0 Å². The topological polar surface area (TPSA) is 25.8 Å². The number of thiophene rings is 1. The number of fused-ring (bicyclic) bond motifs is 1. The summed E-state index contributed by atoms with van der Waals surface area (Å²) in [5, 5.41) is 0. The molecule has 0 unspecified atom stereocenters. The van der Waals surface area contributed by atoms with Gasteiger partial charge in [-0.25, -0.2) is 9.97 Å². The van der Waals surface area contributed by atoms with E-state index in [9.17, 15) is 0 Å². The van der Waals surface area contributed by atoms with Crippen molar-refractivity contribution in [2.45, 2.75) is 13.8 Å². The maximum atomic E-state index is 4.53. The van der Waals surface area contributed by atoms with Crippen LogP contribution in [-0.4, -0.2) is 9.97 Å². The Kier molecular flexibility index (Phi) is 2.76. The molecule has 0 fully saturated rings. The van der Waals surface area contributed by atoms with Crippen LogP contribution in [0.1, 0.15) is 11.4 Å². The Morgan fingerprint density at radius 2 is 1.31 bits per heavy atom. The molecule has 0 saturated heterocycles. The smallest absolute Gasteiger partial charge is 0.114 e. The molecule has 0 bridgehead atoms. The molecule has 2 nitrogen and oxygen atoms in total. The van der Waals surface area contributed by atoms with Gasteiger partial charge in [-0.2, -0.15) is 0 Å². The maximum Gasteiger partial charge on any atom is 0.114 e. The Morgan fingerprint density at radius 3 is 1.69 bits per heavy atom. The molecular formula is C8H6I2N2S. The van der Waals surface area contributed by atoms with E-state index in [1.165, 1.54) is 5.77 Å². The second-order valence-electron chi connectivity index (χ2n) is 2.74. The number of halogens is 2. The van der Waals surface area contributed by atoms with Crippen molar-refractivity contribution in [3.8, 4) is 0 Å². The van der Waals surface area contributed by atoms with Crippen LogP contribution >= 0.6 is 56.5 Å². The van der Waals surface area contributed by atoms with Gasteiger partial charge in [0.2, 0.25) is 0 Å². The van der Waals surface area contributed by atoms with E-state index in [4.69, 9.17) is 0 Å². The van der Waals surface area contributed by atoms with Crippen LogP contribution in [0.2, 0.25) is 0 Å². The highest BCUT2D eigenvalue weighted by Crippen LogP contribution is 2.31. The first-order valence-corrected chi connectivity index (χ1v) is 6.65. The molecule has 0 radical (unpaired) electrons. The van der Waals surface area contributed by atoms with Crippen LogP contribution in [0.15, 0.2) is 0 Å². The number of hydrogen-bond donors (Lipinski definition) is 0. The molecule has 0 atom stereocenters. The van der Waals surface area contributed by atoms with Crippen molar-refractivity contribution < 1.29 is 0 Å². The molecule has 0 aliphatic carbocycles. The molecule has 0 aliphatic rings. The van der Waals surface area contributed by atoms with Gasteiger partial charge < -0.3 is 0 Å². The standard InChI is InChI=1S/C8H6I2N2S/c1-3-4(2)12-6-5(11-3)7(9)13-8(6)10/h1-2H3. The largest absolute Gasteiger partial charge is 0.248 e. The van der Waals surface area contributed by atoms with Crippen LogP contribution in [0.4, 0.5) is 0 Å². The lowest BCUT2D eigenvalue weighted by Gasteiger charge is -1.98. The number of rotatable bonds is 0. The highest BCUT2D eigenvalue weighted by Gasteiger charge is 2.11. The average molecular weight is 416 g/mol. The van der Waals surface area contributed by atoms with Gasteiger partial charge in [-0.05, 0) is 59.0 Å².